The van der Waals surface area contributed by atoms with Crippen LogP contribution in [-0.2, 0) is 0 Å². The number of amides is 1. The third kappa shape index (κ3) is 2.73. The standard InChI is InChI=1S/C14H11BrN4O2/c1-21-11-4-2-3-9(5-11)14(20)17-12-6-10(15)7-19-8-16-18-13(12)19/h2-8H,1H3,(H,17,20). The van der Waals surface area contributed by atoms with Crippen molar-refractivity contribution in [3.63, 3.8) is 0 Å². The van der Waals surface area contributed by atoms with Crippen molar-refractivity contribution < 1.29 is 9.53 Å². The summed E-state index contributed by atoms with van der Waals surface area (Å²) in [5.74, 6) is 0.390. The number of benzene rings is 1. The van der Waals surface area contributed by atoms with Crippen LogP contribution in [-0.4, -0.2) is 27.6 Å². The molecule has 106 valence electrons. The zero-order valence-electron chi connectivity index (χ0n) is 11.1. The number of rotatable bonds is 3. The Labute approximate surface area is 128 Å². The Morgan fingerprint density at radius 1 is 1.38 bits per heavy atom. The lowest BCUT2D eigenvalue weighted by atomic mass is 10.2. The van der Waals surface area contributed by atoms with Crippen LogP contribution in [0.1, 0.15) is 10.4 Å². The van der Waals surface area contributed by atoms with Gasteiger partial charge in [0.15, 0.2) is 5.65 Å². The molecule has 2 heterocycles. The number of aromatic nitrogens is 3. The maximum Gasteiger partial charge on any atom is 0.255 e. The van der Waals surface area contributed by atoms with Crippen LogP contribution in [0, 0.1) is 0 Å². The Morgan fingerprint density at radius 2 is 2.24 bits per heavy atom. The van der Waals surface area contributed by atoms with Crippen molar-refractivity contribution in [1.82, 2.24) is 14.6 Å². The maximum atomic E-state index is 12.3. The number of carbonyl (C=O) groups excluding carboxylic acids is 1. The number of carbonyl (C=O) groups is 1. The van der Waals surface area contributed by atoms with E-state index in [4.69, 9.17) is 4.74 Å². The van der Waals surface area contributed by atoms with Gasteiger partial charge in [-0.05, 0) is 40.2 Å². The van der Waals surface area contributed by atoms with Crippen molar-refractivity contribution in [2.45, 2.75) is 0 Å². The van der Waals surface area contributed by atoms with E-state index in [1.54, 1.807) is 48.2 Å². The second-order valence-electron chi connectivity index (χ2n) is 4.32. The van der Waals surface area contributed by atoms with Crippen molar-refractivity contribution in [1.29, 1.82) is 0 Å². The molecule has 7 heteroatoms. The van der Waals surface area contributed by atoms with Crippen LogP contribution in [0.4, 0.5) is 5.69 Å². The first-order chi connectivity index (χ1) is 10.2. The number of hydrogen-bond acceptors (Lipinski definition) is 4. The third-order valence-corrected chi connectivity index (χ3v) is 3.37. The van der Waals surface area contributed by atoms with E-state index in [1.807, 2.05) is 6.20 Å². The molecule has 2 aromatic heterocycles. The van der Waals surface area contributed by atoms with E-state index < -0.39 is 0 Å². The molecule has 0 saturated heterocycles. The Morgan fingerprint density at radius 3 is 3.05 bits per heavy atom. The topological polar surface area (TPSA) is 68.5 Å². The first-order valence-corrected chi connectivity index (χ1v) is 6.91. The highest BCUT2D eigenvalue weighted by Crippen LogP contribution is 2.22. The lowest BCUT2D eigenvalue weighted by Gasteiger charge is -2.08. The smallest absolute Gasteiger partial charge is 0.255 e. The molecule has 0 aliphatic heterocycles. The summed E-state index contributed by atoms with van der Waals surface area (Å²) in [5, 5.41) is 10.7. The summed E-state index contributed by atoms with van der Waals surface area (Å²) < 4.78 is 7.66. The normalized spacial score (nSPS) is 10.6. The van der Waals surface area contributed by atoms with Crippen molar-refractivity contribution in [2.24, 2.45) is 0 Å². The monoisotopic (exact) mass is 346 g/mol. The zero-order valence-corrected chi connectivity index (χ0v) is 12.7. The van der Waals surface area contributed by atoms with Crippen LogP contribution in [0.2, 0.25) is 0 Å². The number of halogens is 1. The number of fused-ring (bicyclic) bond motifs is 1. The lowest BCUT2D eigenvalue weighted by Crippen LogP contribution is -2.13. The number of pyridine rings is 1. The second-order valence-corrected chi connectivity index (χ2v) is 5.24. The van der Waals surface area contributed by atoms with Gasteiger partial charge in [-0.25, -0.2) is 0 Å². The van der Waals surface area contributed by atoms with Gasteiger partial charge in [-0.3, -0.25) is 9.20 Å². The predicted octanol–water partition coefficient (Wildman–Crippen LogP) is 2.75. The van der Waals surface area contributed by atoms with Crippen LogP contribution in [0.15, 0.2) is 47.3 Å². The lowest BCUT2D eigenvalue weighted by molar-refractivity contribution is 0.102. The molecule has 0 unspecified atom stereocenters. The van der Waals surface area contributed by atoms with Gasteiger partial charge in [0.25, 0.3) is 5.91 Å². The molecule has 21 heavy (non-hydrogen) atoms. The molecule has 1 aromatic carbocycles. The molecule has 3 aromatic rings. The Kier molecular flexibility index (Phi) is 3.57. The molecule has 1 N–H and O–H groups in total. The summed E-state index contributed by atoms with van der Waals surface area (Å²) in [6.45, 7) is 0. The van der Waals surface area contributed by atoms with E-state index in [1.165, 1.54) is 0 Å². The zero-order chi connectivity index (χ0) is 14.8. The van der Waals surface area contributed by atoms with Gasteiger partial charge in [0.1, 0.15) is 12.1 Å². The molecule has 1 amide bonds. The van der Waals surface area contributed by atoms with E-state index in [0.717, 1.165) is 4.47 Å². The molecule has 0 spiro atoms. The van der Waals surface area contributed by atoms with Gasteiger partial charge >= 0.3 is 0 Å². The predicted molar refractivity (Wildman–Crippen MR) is 81.6 cm³/mol. The van der Waals surface area contributed by atoms with Gasteiger partial charge in [-0.2, -0.15) is 0 Å². The second kappa shape index (κ2) is 5.53. The fourth-order valence-electron chi connectivity index (χ4n) is 1.95. The Hall–Kier alpha value is -2.41. The number of hydrogen-bond donors (Lipinski definition) is 1. The summed E-state index contributed by atoms with van der Waals surface area (Å²) in [6, 6.07) is 8.72. The van der Waals surface area contributed by atoms with E-state index in [2.05, 4.69) is 31.4 Å². The number of anilines is 1. The van der Waals surface area contributed by atoms with Crippen molar-refractivity contribution >= 4 is 33.2 Å². The molecule has 0 saturated carbocycles. The minimum Gasteiger partial charge on any atom is -0.497 e. The number of nitrogens with one attached hydrogen (secondary N) is 1. The van der Waals surface area contributed by atoms with E-state index in [-0.39, 0.29) is 5.91 Å². The van der Waals surface area contributed by atoms with Crippen molar-refractivity contribution in [2.75, 3.05) is 12.4 Å². The molecule has 3 rings (SSSR count). The number of methoxy groups -OCH3 is 1. The first kappa shape index (κ1) is 13.6. The third-order valence-electron chi connectivity index (χ3n) is 2.94. The molecule has 0 atom stereocenters. The average Bonchev–Trinajstić information content (AvgIpc) is 2.95. The summed E-state index contributed by atoms with van der Waals surface area (Å²) in [5.41, 5.74) is 1.66. The molecule has 0 aliphatic carbocycles. The van der Waals surface area contributed by atoms with Gasteiger partial charge in [-0.15, -0.1) is 10.2 Å². The quantitative estimate of drug-likeness (QED) is 0.791. The van der Waals surface area contributed by atoms with Crippen molar-refractivity contribution in [3.05, 3.63) is 52.9 Å². The van der Waals surface area contributed by atoms with Gasteiger partial charge in [-0.1, -0.05) is 6.07 Å². The molecule has 6 nitrogen and oxygen atoms in total. The highest BCUT2D eigenvalue weighted by Gasteiger charge is 2.11. The molecule has 0 aliphatic rings. The summed E-state index contributed by atoms with van der Waals surface area (Å²) in [4.78, 5) is 12.3. The molecule has 0 fully saturated rings. The van der Waals surface area contributed by atoms with Crippen LogP contribution in [0.3, 0.4) is 0 Å². The van der Waals surface area contributed by atoms with Crippen LogP contribution >= 0.6 is 15.9 Å². The van der Waals surface area contributed by atoms with Crippen LogP contribution < -0.4 is 10.1 Å². The Balaban J connectivity index is 1.94. The van der Waals surface area contributed by atoms with E-state index >= 15 is 0 Å². The van der Waals surface area contributed by atoms with Gasteiger partial charge in [0.05, 0.1) is 12.8 Å². The fraction of sp³-hybridized carbons (Fsp3) is 0.0714. The summed E-state index contributed by atoms with van der Waals surface area (Å²) >= 11 is 3.39. The Bertz CT molecular complexity index is 816. The van der Waals surface area contributed by atoms with Crippen LogP contribution in [0.5, 0.6) is 5.75 Å². The minimum absolute atomic E-state index is 0.239. The van der Waals surface area contributed by atoms with Gasteiger partial charge in [0.2, 0.25) is 0 Å². The molecule has 0 radical (unpaired) electrons. The first-order valence-electron chi connectivity index (χ1n) is 6.11. The van der Waals surface area contributed by atoms with Gasteiger partial charge < -0.3 is 10.1 Å². The van der Waals surface area contributed by atoms with Crippen molar-refractivity contribution in [3.8, 4) is 5.75 Å². The fourth-order valence-corrected chi connectivity index (χ4v) is 2.40. The molecular formula is C14H11BrN4O2. The number of ether oxygens (including phenoxy) is 1. The molecular weight excluding hydrogens is 336 g/mol. The minimum atomic E-state index is -0.239. The number of nitrogens with zero attached hydrogens (tertiary/aromatic N) is 3. The highest BCUT2D eigenvalue weighted by molar-refractivity contribution is 9.10. The summed E-state index contributed by atoms with van der Waals surface area (Å²) in [7, 11) is 1.56. The summed E-state index contributed by atoms with van der Waals surface area (Å²) in [6.07, 6.45) is 3.39. The van der Waals surface area contributed by atoms with E-state index in [0.29, 0.717) is 22.6 Å². The maximum absolute atomic E-state index is 12.3. The highest BCUT2D eigenvalue weighted by atomic mass is 79.9. The van der Waals surface area contributed by atoms with Crippen LogP contribution in [0.25, 0.3) is 5.65 Å². The van der Waals surface area contributed by atoms with E-state index in [9.17, 15) is 4.79 Å². The SMILES string of the molecule is COc1cccc(C(=O)Nc2cc(Br)cn3cnnc23)c1. The largest absolute Gasteiger partial charge is 0.497 e. The van der Waals surface area contributed by atoms with Gasteiger partial charge in [0, 0.05) is 16.2 Å². The average molecular weight is 347 g/mol. The molecule has 0 bridgehead atoms.